The summed E-state index contributed by atoms with van der Waals surface area (Å²) in [5.74, 6) is 0.977. The molecule has 0 spiro atoms. The van der Waals surface area contributed by atoms with E-state index in [0.29, 0.717) is 5.13 Å². The number of carbonyl (C=O) groups excluding carboxylic acids is 1. The van der Waals surface area contributed by atoms with Gasteiger partial charge < -0.3 is 5.32 Å². The molecule has 0 bridgehead atoms. The first-order valence-corrected chi connectivity index (χ1v) is 6.80. The minimum atomic E-state index is -0.0813. The molecular formula is C11H12N2OS2. The normalized spacial score (nSPS) is 10.6. The Morgan fingerprint density at radius 2 is 2.38 bits per heavy atom. The summed E-state index contributed by atoms with van der Waals surface area (Å²) in [5, 5.41) is 3.38. The van der Waals surface area contributed by atoms with Crippen molar-refractivity contribution in [3.8, 4) is 0 Å². The van der Waals surface area contributed by atoms with Gasteiger partial charge in [-0.25, -0.2) is 4.98 Å². The summed E-state index contributed by atoms with van der Waals surface area (Å²) in [5.41, 5.74) is 0.939. The standard InChI is InChI=1S/C11H12N2OS2/c1-3-15-8-4-5-9-10(6-8)16-11(13-9)12-7(2)14/h4-6H,3H2,1-2H3,(H,12,13,14). The lowest BCUT2D eigenvalue weighted by atomic mass is 10.3. The van der Waals surface area contributed by atoms with Crippen LogP contribution in [-0.2, 0) is 4.79 Å². The van der Waals surface area contributed by atoms with Crippen LogP contribution in [0.15, 0.2) is 23.1 Å². The summed E-state index contributed by atoms with van der Waals surface area (Å²) in [6.07, 6.45) is 0. The van der Waals surface area contributed by atoms with Crippen molar-refractivity contribution in [2.24, 2.45) is 0 Å². The molecular weight excluding hydrogens is 240 g/mol. The molecule has 2 aromatic rings. The Morgan fingerprint density at radius 3 is 3.06 bits per heavy atom. The third kappa shape index (κ3) is 2.54. The quantitative estimate of drug-likeness (QED) is 0.852. The third-order valence-corrected chi connectivity index (χ3v) is 3.76. The van der Waals surface area contributed by atoms with Gasteiger partial charge in [0, 0.05) is 11.8 Å². The van der Waals surface area contributed by atoms with Gasteiger partial charge in [0.15, 0.2) is 5.13 Å². The summed E-state index contributed by atoms with van der Waals surface area (Å²) < 4.78 is 1.11. The second-order valence-corrected chi connectivity index (χ2v) is 5.63. The fourth-order valence-electron chi connectivity index (χ4n) is 1.37. The molecule has 2 rings (SSSR count). The minimum Gasteiger partial charge on any atom is -0.302 e. The monoisotopic (exact) mass is 252 g/mol. The van der Waals surface area contributed by atoms with Gasteiger partial charge in [-0.3, -0.25) is 4.79 Å². The second kappa shape index (κ2) is 4.84. The Kier molecular flexibility index (Phi) is 3.46. The lowest BCUT2D eigenvalue weighted by Crippen LogP contribution is -2.04. The van der Waals surface area contributed by atoms with E-state index in [2.05, 4.69) is 29.4 Å². The third-order valence-electron chi connectivity index (χ3n) is 1.95. The van der Waals surface area contributed by atoms with Crippen LogP contribution in [0.4, 0.5) is 5.13 Å². The van der Waals surface area contributed by atoms with Gasteiger partial charge in [0.05, 0.1) is 10.2 Å². The molecule has 0 aliphatic heterocycles. The molecule has 1 N–H and O–H groups in total. The van der Waals surface area contributed by atoms with E-state index in [9.17, 15) is 4.79 Å². The number of benzene rings is 1. The van der Waals surface area contributed by atoms with Gasteiger partial charge in [0.2, 0.25) is 5.91 Å². The minimum absolute atomic E-state index is 0.0813. The van der Waals surface area contributed by atoms with E-state index in [-0.39, 0.29) is 5.91 Å². The van der Waals surface area contributed by atoms with Crippen molar-refractivity contribution in [1.82, 2.24) is 4.98 Å². The SMILES string of the molecule is CCSc1ccc2nc(NC(C)=O)sc2c1. The zero-order chi connectivity index (χ0) is 11.5. The van der Waals surface area contributed by atoms with E-state index >= 15 is 0 Å². The Balaban J connectivity index is 2.34. The Morgan fingerprint density at radius 1 is 1.56 bits per heavy atom. The van der Waals surface area contributed by atoms with Crippen LogP contribution in [0.5, 0.6) is 0 Å². The van der Waals surface area contributed by atoms with Crippen LogP contribution in [0, 0.1) is 0 Å². The van der Waals surface area contributed by atoms with Gasteiger partial charge in [0.25, 0.3) is 0 Å². The molecule has 0 unspecified atom stereocenters. The average molecular weight is 252 g/mol. The highest BCUT2D eigenvalue weighted by Crippen LogP contribution is 2.29. The highest BCUT2D eigenvalue weighted by Gasteiger charge is 2.05. The molecule has 0 saturated carbocycles. The number of nitrogens with zero attached hydrogens (tertiary/aromatic N) is 1. The topological polar surface area (TPSA) is 42.0 Å². The van der Waals surface area contributed by atoms with Crippen molar-refractivity contribution >= 4 is 44.4 Å². The van der Waals surface area contributed by atoms with E-state index in [0.717, 1.165) is 16.0 Å². The first-order chi connectivity index (χ1) is 7.69. The average Bonchev–Trinajstić information content (AvgIpc) is 2.58. The molecule has 0 saturated heterocycles. The van der Waals surface area contributed by atoms with Crippen LogP contribution in [0.25, 0.3) is 10.2 Å². The highest BCUT2D eigenvalue weighted by molar-refractivity contribution is 7.99. The van der Waals surface area contributed by atoms with Gasteiger partial charge in [-0.2, -0.15) is 0 Å². The number of thiazole rings is 1. The van der Waals surface area contributed by atoms with Crippen molar-refractivity contribution in [1.29, 1.82) is 0 Å². The number of thioether (sulfide) groups is 1. The van der Waals surface area contributed by atoms with E-state index in [1.54, 1.807) is 11.8 Å². The summed E-state index contributed by atoms with van der Waals surface area (Å²) in [6, 6.07) is 6.18. The Bertz CT molecular complexity index is 522. The molecule has 1 aromatic carbocycles. The van der Waals surface area contributed by atoms with Crippen molar-refractivity contribution in [3.63, 3.8) is 0 Å². The zero-order valence-electron chi connectivity index (χ0n) is 9.11. The van der Waals surface area contributed by atoms with Crippen molar-refractivity contribution in [2.45, 2.75) is 18.7 Å². The molecule has 84 valence electrons. The Labute approximate surface area is 102 Å². The van der Waals surface area contributed by atoms with Gasteiger partial charge in [-0.1, -0.05) is 18.3 Å². The molecule has 3 nitrogen and oxygen atoms in total. The maximum Gasteiger partial charge on any atom is 0.223 e. The van der Waals surface area contributed by atoms with Gasteiger partial charge in [0.1, 0.15) is 0 Å². The van der Waals surface area contributed by atoms with Crippen LogP contribution in [0.2, 0.25) is 0 Å². The number of anilines is 1. The van der Waals surface area contributed by atoms with Crippen LogP contribution in [0.3, 0.4) is 0 Å². The summed E-state index contributed by atoms with van der Waals surface area (Å²) in [4.78, 5) is 16.5. The van der Waals surface area contributed by atoms with Crippen molar-refractivity contribution in [3.05, 3.63) is 18.2 Å². The number of hydrogen-bond acceptors (Lipinski definition) is 4. The predicted octanol–water partition coefficient (Wildman–Crippen LogP) is 3.37. The lowest BCUT2D eigenvalue weighted by Gasteiger charge is -1.96. The lowest BCUT2D eigenvalue weighted by molar-refractivity contribution is -0.114. The van der Waals surface area contributed by atoms with Crippen molar-refractivity contribution in [2.75, 3.05) is 11.1 Å². The molecule has 5 heteroatoms. The molecule has 0 aliphatic carbocycles. The van der Waals surface area contributed by atoms with Gasteiger partial charge in [-0.05, 0) is 24.0 Å². The van der Waals surface area contributed by atoms with Crippen LogP contribution in [-0.4, -0.2) is 16.6 Å². The molecule has 0 atom stereocenters. The maximum absolute atomic E-state index is 10.9. The number of aromatic nitrogens is 1. The first-order valence-electron chi connectivity index (χ1n) is 5.00. The molecule has 16 heavy (non-hydrogen) atoms. The number of nitrogens with one attached hydrogen (secondary N) is 1. The molecule has 1 aromatic heterocycles. The summed E-state index contributed by atoms with van der Waals surface area (Å²) in [7, 11) is 0. The molecule has 1 amide bonds. The summed E-state index contributed by atoms with van der Waals surface area (Å²) in [6.45, 7) is 3.62. The van der Waals surface area contributed by atoms with Crippen LogP contribution >= 0.6 is 23.1 Å². The van der Waals surface area contributed by atoms with Crippen LogP contribution in [0.1, 0.15) is 13.8 Å². The molecule has 1 heterocycles. The molecule has 0 radical (unpaired) electrons. The molecule has 0 aliphatic rings. The second-order valence-electron chi connectivity index (χ2n) is 3.26. The summed E-state index contributed by atoms with van der Waals surface area (Å²) >= 11 is 3.31. The van der Waals surface area contributed by atoms with Crippen molar-refractivity contribution < 1.29 is 4.79 Å². The fourth-order valence-corrected chi connectivity index (χ4v) is 3.09. The first kappa shape index (κ1) is 11.4. The van der Waals surface area contributed by atoms with E-state index in [4.69, 9.17) is 0 Å². The van der Waals surface area contributed by atoms with E-state index in [1.165, 1.54) is 23.2 Å². The number of amides is 1. The Hall–Kier alpha value is -1.07. The van der Waals surface area contributed by atoms with Gasteiger partial charge in [-0.15, -0.1) is 11.8 Å². The largest absolute Gasteiger partial charge is 0.302 e. The maximum atomic E-state index is 10.9. The number of carbonyl (C=O) groups is 1. The van der Waals surface area contributed by atoms with E-state index < -0.39 is 0 Å². The predicted molar refractivity (Wildman–Crippen MR) is 70.3 cm³/mol. The number of rotatable bonds is 3. The van der Waals surface area contributed by atoms with Gasteiger partial charge >= 0.3 is 0 Å². The number of hydrogen-bond donors (Lipinski definition) is 1. The zero-order valence-corrected chi connectivity index (χ0v) is 10.7. The smallest absolute Gasteiger partial charge is 0.223 e. The fraction of sp³-hybridized carbons (Fsp3) is 0.273. The highest BCUT2D eigenvalue weighted by atomic mass is 32.2. The van der Waals surface area contributed by atoms with E-state index in [1.807, 2.05) is 6.07 Å². The van der Waals surface area contributed by atoms with Crippen LogP contribution < -0.4 is 5.32 Å². The molecule has 0 fully saturated rings. The number of fused-ring (bicyclic) bond motifs is 1.